The maximum atomic E-state index is 11.9. The molecule has 0 aliphatic heterocycles. The summed E-state index contributed by atoms with van der Waals surface area (Å²) in [5, 5.41) is 0. The maximum Gasteiger partial charge on any atom is 0.421 e. The molecule has 0 aromatic heterocycles. The van der Waals surface area contributed by atoms with Gasteiger partial charge in [-0.2, -0.15) is 0 Å². The summed E-state index contributed by atoms with van der Waals surface area (Å²) in [4.78, 5) is 49.1. The van der Waals surface area contributed by atoms with Crippen LogP contribution in [0.5, 0.6) is 11.5 Å². The highest BCUT2D eigenvalue weighted by atomic mass is 16.6. The molecule has 2 rings (SSSR count). The number of amides is 4. The zero-order valence-corrected chi connectivity index (χ0v) is 25.8. The fourth-order valence-corrected chi connectivity index (χ4v) is 3.64. The zero-order chi connectivity index (χ0) is 30.6. The van der Waals surface area contributed by atoms with E-state index in [1.807, 2.05) is 39.8 Å². The molecule has 0 heterocycles. The molecule has 2 aromatic carbocycles. The summed E-state index contributed by atoms with van der Waals surface area (Å²) in [5.74, 6) is 1.21. The second kappa shape index (κ2) is 16.4. The lowest BCUT2D eigenvalue weighted by Crippen LogP contribution is -2.35. The van der Waals surface area contributed by atoms with Crippen molar-refractivity contribution in [2.75, 3.05) is 14.1 Å². The van der Waals surface area contributed by atoms with Crippen LogP contribution in [0, 0.1) is 13.8 Å². The number of hydrogen-bond acceptors (Lipinski definition) is 6. The second-order valence-electron chi connectivity index (χ2n) is 10.6. The number of aryl methyl sites for hydroxylation is 2. The number of benzene rings is 2. The van der Waals surface area contributed by atoms with Crippen LogP contribution in [0.1, 0.15) is 101 Å². The van der Waals surface area contributed by atoms with Gasteiger partial charge in [-0.05, 0) is 85.0 Å². The summed E-state index contributed by atoms with van der Waals surface area (Å²) >= 11 is 0. The van der Waals surface area contributed by atoms with Crippen LogP contribution in [0.4, 0.5) is 9.59 Å². The molecule has 0 fully saturated rings. The summed E-state index contributed by atoms with van der Waals surface area (Å²) in [6.45, 7) is 16.0. The van der Waals surface area contributed by atoms with E-state index in [1.54, 1.807) is 12.1 Å². The first-order valence-corrected chi connectivity index (χ1v) is 13.9. The summed E-state index contributed by atoms with van der Waals surface area (Å²) in [5.41, 5.74) is 4.27. The Morgan fingerprint density at radius 3 is 1.23 bits per heavy atom. The molecule has 220 valence electrons. The highest BCUT2D eigenvalue weighted by Gasteiger charge is 2.19. The number of imide groups is 2. The Labute approximate surface area is 239 Å². The van der Waals surface area contributed by atoms with Crippen molar-refractivity contribution in [1.29, 1.82) is 0 Å². The predicted octanol–water partition coefficient (Wildman–Crippen LogP) is 7.75. The van der Waals surface area contributed by atoms with Crippen LogP contribution < -0.4 is 9.47 Å². The van der Waals surface area contributed by atoms with Gasteiger partial charge in [0.05, 0.1) is 0 Å². The van der Waals surface area contributed by atoms with Crippen LogP contribution in [-0.2, 0) is 9.59 Å². The lowest BCUT2D eigenvalue weighted by atomic mass is 10.0. The standard InChI is InChI=1S/2C16H23NO3/c2*1-6-7-15(18)17(5)16(19)20-14-9-12(4)8-13(10-14)11(2)3/h2*8-11H,6-7H2,1-5H3. The molecule has 8 nitrogen and oxygen atoms in total. The van der Waals surface area contributed by atoms with E-state index in [2.05, 4.69) is 39.8 Å². The number of hydrogen-bond donors (Lipinski definition) is 0. The third-order valence-electron chi connectivity index (χ3n) is 6.11. The topological polar surface area (TPSA) is 93.2 Å². The molecule has 0 N–H and O–H groups in total. The lowest BCUT2D eigenvalue weighted by Gasteiger charge is -2.16. The van der Waals surface area contributed by atoms with Crippen molar-refractivity contribution >= 4 is 24.0 Å². The molecule has 4 amide bonds. The van der Waals surface area contributed by atoms with E-state index in [4.69, 9.17) is 9.47 Å². The average molecular weight is 555 g/mol. The Bertz CT molecular complexity index is 1080. The molecule has 0 aliphatic carbocycles. The van der Waals surface area contributed by atoms with Gasteiger partial charge in [0.2, 0.25) is 11.8 Å². The fraction of sp³-hybridized carbons (Fsp3) is 0.500. The molecule has 0 atom stereocenters. The Hall–Kier alpha value is -3.68. The minimum absolute atomic E-state index is 0.228. The highest BCUT2D eigenvalue weighted by molar-refractivity contribution is 5.93. The molecular weight excluding hydrogens is 508 g/mol. The van der Waals surface area contributed by atoms with Gasteiger partial charge in [-0.1, -0.05) is 53.7 Å². The summed E-state index contributed by atoms with van der Waals surface area (Å²) in [6, 6.07) is 11.4. The largest absolute Gasteiger partial charge is 0.421 e. The van der Waals surface area contributed by atoms with Gasteiger partial charge in [0, 0.05) is 26.9 Å². The van der Waals surface area contributed by atoms with Gasteiger partial charge in [0.1, 0.15) is 11.5 Å². The third kappa shape index (κ3) is 11.2. The van der Waals surface area contributed by atoms with Crippen LogP contribution in [0.15, 0.2) is 36.4 Å². The normalized spacial score (nSPS) is 10.5. The van der Waals surface area contributed by atoms with Crippen molar-refractivity contribution in [3.63, 3.8) is 0 Å². The quantitative estimate of drug-likeness (QED) is 0.331. The molecule has 8 heteroatoms. The Balaban J connectivity index is 0.000000400. The molecular formula is C32H46N2O6. The SMILES string of the molecule is CCCC(=O)N(C)C(=O)Oc1cc(C)cc(C(C)C)c1.CCCC(=O)N(C)C(=O)Oc1cc(C)cc(C(C)C)c1. The van der Waals surface area contributed by atoms with Gasteiger partial charge in [0.25, 0.3) is 0 Å². The van der Waals surface area contributed by atoms with E-state index >= 15 is 0 Å². The molecule has 40 heavy (non-hydrogen) atoms. The number of carbonyl (C=O) groups excluding carboxylic acids is 4. The first-order chi connectivity index (χ1) is 18.7. The van der Waals surface area contributed by atoms with Crippen LogP contribution in [0.2, 0.25) is 0 Å². The number of nitrogens with zero attached hydrogens (tertiary/aromatic N) is 2. The molecule has 0 radical (unpaired) electrons. The van der Waals surface area contributed by atoms with Gasteiger partial charge < -0.3 is 9.47 Å². The van der Waals surface area contributed by atoms with E-state index in [0.29, 0.717) is 49.0 Å². The van der Waals surface area contributed by atoms with Crippen molar-refractivity contribution in [1.82, 2.24) is 9.80 Å². The third-order valence-corrected chi connectivity index (χ3v) is 6.11. The first-order valence-electron chi connectivity index (χ1n) is 13.9. The van der Waals surface area contributed by atoms with E-state index < -0.39 is 12.2 Å². The van der Waals surface area contributed by atoms with Crippen molar-refractivity contribution in [3.8, 4) is 11.5 Å². The van der Waals surface area contributed by atoms with Crippen molar-refractivity contribution < 1.29 is 28.7 Å². The summed E-state index contributed by atoms with van der Waals surface area (Å²) in [6.07, 6.45) is 0.830. The summed E-state index contributed by atoms with van der Waals surface area (Å²) < 4.78 is 10.6. The van der Waals surface area contributed by atoms with Crippen LogP contribution in [0.25, 0.3) is 0 Å². The van der Waals surface area contributed by atoms with E-state index in [0.717, 1.165) is 32.1 Å². The first kappa shape index (κ1) is 34.3. The van der Waals surface area contributed by atoms with Crippen LogP contribution in [0.3, 0.4) is 0 Å². The Kier molecular flexibility index (Phi) is 14.1. The monoisotopic (exact) mass is 554 g/mol. The smallest absolute Gasteiger partial charge is 0.410 e. The van der Waals surface area contributed by atoms with Crippen molar-refractivity contribution in [2.24, 2.45) is 0 Å². The Morgan fingerprint density at radius 1 is 0.625 bits per heavy atom. The maximum absolute atomic E-state index is 11.9. The van der Waals surface area contributed by atoms with Crippen LogP contribution >= 0.6 is 0 Å². The van der Waals surface area contributed by atoms with Gasteiger partial charge in [-0.15, -0.1) is 0 Å². The molecule has 0 saturated heterocycles. The van der Waals surface area contributed by atoms with Gasteiger partial charge >= 0.3 is 12.2 Å². The molecule has 0 bridgehead atoms. The second-order valence-corrected chi connectivity index (χ2v) is 10.6. The molecule has 0 spiro atoms. The highest BCUT2D eigenvalue weighted by Crippen LogP contribution is 2.24. The van der Waals surface area contributed by atoms with E-state index in [1.165, 1.54) is 14.1 Å². The van der Waals surface area contributed by atoms with E-state index in [-0.39, 0.29) is 11.8 Å². The molecule has 2 aromatic rings. The zero-order valence-electron chi connectivity index (χ0n) is 25.8. The number of rotatable bonds is 8. The summed E-state index contributed by atoms with van der Waals surface area (Å²) in [7, 11) is 2.89. The van der Waals surface area contributed by atoms with Crippen molar-refractivity contribution in [3.05, 3.63) is 58.7 Å². The molecule has 0 aliphatic rings. The minimum Gasteiger partial charge on any atom is -0.410 e. The van der Waals surface area contributed by atoms with E-state index in [9.17, 15) is 19.2 Å². The molecule has 0 saturated carbocycles. The van der Waals surface area contributed by atoms with Crippen molar-refractivity contribution in [2.45, 2.75) is 92.9 Å². The fourth-order valence-electron chi connectivity index (χ4n) is 3.64. The Morgan fingerprint density at radius 2 is 0.950 bits per heavy atom. The minimum atomic E-state index is -0.635. The predicted molar refractivity (Wildman–Crippen MR) is 158 cm³/mol. The number of ether oxygens (including phenoxy) is 2. The van der Waals surface area contributed by atoms with Gasteiger partial charge in [-0.25, -0.2) is 9.59 Å². The van der Waals surface area contributed by atoms with Gasteiger partial charge in [-0.3, -0.25) is 19.4 Å². The molecule has 0 unspecified atom stereocenters. The lowest BCUT2D eigenvalue weighted by molar-refractivity contribution is -0.128. The van der Waals surface area contributed by atoms with Crippen LogP contribution in [-0.4, -0.2) is 47.9 Å². The number of carbonyl (C=O) groups is 4. The average Bonchev–Trinajstić information content (AvgIpc) is 2.87. The van der Waals surface area contributed by atoms with Gasteiger partial charge in [0.15, 0.2) is 0 Å².